The predicted octanol–water partition coefficient (Wildman–Crippen LogP) is 2.83. The van der Waals surface area contributed by atoms with Crippen LogP contribution < -0.4 is 4.31 Å². The number of carbonyl (C=O) groups is 1. The number of sulfonamides is 1. The van der Waals surface area contributed by atoms with Gasteiger partial charge in [0.25, 0.3) is 10.0 Å². The third kappa shape index (κ3) is 3.68. The Hall–Kier alpha value is -2.41. The molecule has 0 aliphatic carbocycles. The predicted molar refractivity (Wildman–Crippen MR) is 84.4 cm³/mol. The average Bonchev–Trinajstić information content (AvgIpc) is 2.55. The molecule has 5 nitrogen and oxygen atoms in total. The normalized spacial score (nSPS) is 11.1. The Bertz CT molecular complexity index is 803. The van der Waals surface area contributed by atoms with Gasteiger partial charge in [-0.3, -0.25) is 4.31 Å². The second-order valence-electron chi connectivity index (χ2n) is 4.70. The molecule has 0 aliphatic rings. The summed E-state index contributed by atoms with van der Waals surface area (Å²) in [6.07, 6.45) is 0. The fourth-order valence-electron chi connectivity index (χ4n) is 1.95. The van der Waals surface area contributed by atoms with Gasteiger partial charge >= 0.3 is 5.97 Å². The molecule has 0 saturated carbocycles. The lowest BCUT2D eigenvalue weighted by atomic mass is 10.2. The summed E-state index contributed by atoms with van der Waals surface area (Å²) >= 11 is 0. The maximum absolute atomic E-state index is 13.0. The molecule has 2 aromatic carbocycles. The molecule has 0 unspecified atom stereocenters. The lowest BCUT2D eigenvalue weighted by Gasteiger charge is -2.19. The van der Waals surface area contributed by atoms with Gasteiger partial charge < -0.3 is 4.74 Å². The minimum absolute atomic E-state index is 0.0464. The summed E-state index contributed by atoms with van der Waals surface area (Å²) in [5.74, 6) is -1.04. The molecular formula is C16H16FNO4S. The molecule has 122 valence electrons. The fourth-order valence-corrected chi connectivity index (χ4v) is 3.19. The number of hydrogen-bond acceptors (Lipinski definition) is 4. The number of nitrogens with zero attached hydrogens (tertiary/aromatic N) is 1. The Morgan fingerprint density at radius 1 is 1.17 bits per heavy atom. The van der Waals surface area contributed by atoms with E-state index in [-0.39, 0.29) is 17.1 Å². The molecule has 0 fully saturated rings. The zero-order valence-electron chi connectivity index (χ0n) is 12.7. The number of carbonyl (C=O) groups excluding carboxylic acids is 1. The zero-order valence-corrected chi connectivity index (χ0v) is 13.5. The summed E-state index contributed by atoms with van der Waals surface area (Å²) in [7, 11) is -2.51. The van der Waals surface area contributed by atoms with E-state index < -0.39 is 21.8 Å². The van der Waals surface area contributed by atoms with Crippen LogP contribution in [0, 0.1) is 5.82 Å². The van der Waals surface area contributed by atoms with Crippen molar-refractivity contribution in [3.05, 3.63) is 59.9 Å². The molecule has 2 rings (SSSR count). The van der Waals surface area contributed by atoms with Crippen LogP contribution in [0.15, 0.2) is 53.4 Å². The molecule has 0 heterocycles. The molecule has 0 amide bonds. The summed E-state index contributed by atoms with van der Waals surface area (Å²) in [5, 5.41) is 0. The Labute approximate surface area is 134 Å². The van der Waals surface area contributed by atoms with Gasteiger partial charge in [0, 0.05) is 7.05 Å². The molecule has 0 atom stereocenters. The maximum atomic E-state index is 13.0. The van der Waals surface area contributed by atoms with Gasteiger partial charge in [0.05, 0.1) is 22.8 Å². The van der Waals surface area contributed by atoms with E-state index in [1.54, 1.807) is 6.92 Å². The van der Waals surface area contributed by atoms with E-state index in [1.807, 2.05) is 0 Å². The second-order valence-corrected chi connectivity index (χ2v) is 6.67. The van der Waals surface area contributed by atoms with Crippen LogP contribution in [0.4, 0.5) is 10.1 Å². The number of ether oxygens (including phenoxy) is 1. The van der Waals surface area contributed by atoms with Crippen molar-refractivity contribution in [3.63, 3.8) is 0 Å². The molecule has 0 saturated heterocycles. The highest BCUT2D eigenvalue weighted by Gasteiger charge is 2.22. The van der Waals surface area contributed by atoms with Gasteiger partial charge in [0.1, 0.15) is 5.82 Å². The smallest absolute Gasteiger partial charge is 0.338 e. The van der Waals surface area contributed by atoms with Crippen molar-refractivity contribution in [2.24, 2.45) is 0 Å². The Kier molecular flexibility index (Phi) is 5.00. The third-order valence-electron chi connectivity index (χ3n) is 3.19. The molecule has 0 bridgehead atoms. The first kappa shape index (κ1) is 17.0. The Morgan fingerprint density at radius 2 is 1.83 bits per heavy atom. The summed E-state index contributed by atoms with van der Waals surface area (Å²) < 4.78 is 44.1. The maximum Gasteiger partial charge on any atom is 0.338 e. The minimum Gasteiger partial charge on any atom is -0.462 e. The standard InChI is InChI=1S/C16H16FNO4S/c1-3-22-16(19)12-5-4-6-15(11-12)23(20,21)18(2)14-9-7-13(17)8-10-14/h4-11H,3H2,1-2H3. The lowest BCUT2D eigenvalue weighted by molar-refractivity contribution is 0.0526. The molecule has 0 spiro atoms. The van der Waals surface area contributed by atoms with E-state index in [4.69, 9.17) is 4.74 Å². The van der Waals surface area contributed by atoms with Crippen molar-refractivity contribution in [2.75, 3.05) is 18.0 Å². The van der Waals surface area contributed by atoms with Crippen molar-refractivity contribution >= 4 is 21.7 Å². The van der Waals surface area contributed by atoms with Gasteiger partial charge in [-0.05, 0) is 49.4 Å². The van der Waals surface area contributed by atoms with Crippen LogP contribution >= 0.6 is 0 Å². The van der Waals surface area contributed by atoms with Crippen LogP contribution in [0.5, 0.6) is 0 Å². The van der Waals surface area contributed by atoms with Crippen molar-refractivity contribution < 1.29 is 22.3 Å². The Morgan fingerprint density at radius 3 is 2.43 bits per heavy atom. The quantitative estimate of drug-likeness (QED) is 0.787. The fraction of sp³-hybridized carbons (Fsp3) is 0.188. The lowest BCUT2D eigenvalue weighted by Crippen LogP contribution is -2.26. The molecule has 0 radical (unpaired) electrons. The van der Waals surface area contributed by atoms with Gasteiger partial charge in [-0.1, -0.05) is 6.07 Å². The highest BCUT2D eigenvalue weighted by Crippen LogP contribution is 2.23. The van der Waals surface area contributed by atoms with Crippen LogP contribution in [0.25, 0.3) is 0 Å². The summed E-state index contributed by atoms with van der Waals surface area (Å²) in [6, 6.07) is 10.7. The van der Waals surface area contributed by atoms with Crippen molar-refractivity contribution in [2.45, 2.75) is 11.8 Å². The average molecular weight is 337 g/mol. The monoisotopic (exact) mass is 337 g/mol. The second kappa shape index (κ2) is 6.78. The van der Waals surface area contributed by atoms with Crippen LogP contribution in [-0.4, -0.2) is 28.0 Å². The SMILES string of the molecule is CCOC(=O)c1cccc(S(=O)(=O)N(C)c2ccc(F)cc2)c1. The van der Waals surface area contributed by atoms with Crippen molar-refractivity contribution in [1.29, 1.82) is 0 Å². The first-order valence-electron chi connectivity index (χ1n) is 6.88. The zero-order chi connectivity index (χ0) is 17.0. The van der Waals surface area contributed by atoms with Crippen LogP contribution in [0.3, 0.4) is 0 Å². The summed E-state index contributed by atoms with van der Waals surface area (Å²) in [6.45, 7) is 1.87. The van der Waals surface area contributed by atoms with Gasteiger partial charge in [0.15, 0.2) is 0 Å². The largest absolute Gasteiger partial charge is 0.462 e. The molecule has 23 heavy (non-hydrogen) atoms. The highest BCUT2D eigenvalue weighted by molar-refractivity contribution is 7.92. The molecule has 0 aliphatic heterocycles. The van der Waals surface area contributed by atoms with E-state index >= 15 is 0 Å². The van der Waals surface area contributed by atoms with Gasteiger partial charge in [-0.25, -0.2) is 17.6 Å². The molecule has 0 N–H and O–H groups in total. The van der Waals surface area contributed by atoms with E-state index in [1.165, 1.54) is 55.6 Å². The van der Waals surface area contributed by atoms with E-state index in [0.29, 0.717) is 5.69 Å². The molecular weight excluding hydrogens is 321 g/mol. The molecule has 2 aromatic rings. The Balaban J connectivity index is 2.37. The summed E-state index contributed by atoms with van der Waals surface area (Å²) in [5.41, 5.74) is 0.466. The summed E-state index contributed by atoms with van der Waals surface area (Å²) in [4.78, 5) is 11.7. The minimum atomic E-state index is -3.87. The van der Waals surface area contributed by atoms with Gasteiger partial charge in [-0.15, -0.1) is 0 Å². The van der Waals surface area contributed by atoms with Gasteiger partial charge in [0.2, 0.25) is 0 Å². The number of hydrogen-bond donors (Lipinski definition) is 0. The topological polar surface area (TPSA) is 63.7 Å². The van der Waals surface area contributed by atoms with Crippen LogP contribution in [0.1, 0.15) is 17.3 Å². The first-order valence-corrected chi connectivity index (χ1v) is 8.32. The first-order chi connectivity index (χ1) is 10.9. The van der Waals surface area contributed by atoms with E-state index in [2.05, 4.69) is 0 Å². The van der Waals surface area contributed by atoms with Crippen LogP contribution in [0.2, 0.25) is 0 Å². The number of esters is 1. The third-order valence-corrected chi connectivity index (χ3v) is 4.98. The van der Waals surface area contributed by atoms with Gasteiger partial charge in [-0.2, -0.15) is 0 Å². The highest BCUT2D eigenvalue weighted by atomic mass is 32.2. The van der Waals surface area contributed by atoms with E-state index in [9.17, 15) is 17.6 Å². The van der Waals surface area contributed by atoms with Crippen molar-refractivity contribution in [1.82, 2.24) is 0 Å². The number of benzene rings is 2. The van der Waals surface area contributed by atoms with Crippen LogP contribution in [-0.2, 0) is 14.8 Å². The van der Waals surface area contributed by atoms with Crippen molar-refractivity contribution in [3.8, 4) is 0 Å². The number of anilines is 1. The van der Waals surface area contributed by atoms with E-state index in [0.717, 1.165) is 4.31 Å². The molecule has 0 aromatic heterocycles. The number of rotatable bonds is 5. The molecule has 7 heteroatoms. The number of halogens is 1.